The van der Waals surface area contributed by atoms with Crippen LogP contribution in [0.4, 0.5) is 8.78 Å². The molecule has 3 aromatic carbocycles. The van der Waals surface area contributed by atoms with Gasteiger partial charge in [-0.05, 0) is 78.2 Å². The molecule has 37 heavy (non-hydrogen) atoms. The van der Waals surface area contributed by atoms with Crippen molar-refractivity contribution in [3.8, 4) is 11.5 Å². The Balaban J connectivity index is 1.66. The van der Waals surface area contributed by atoms with Crippen molar-refractivity contribution in [1.29, 1.82) is 0 Å². The zero-order valence-electron chi connectivity index (χ0n) is 21.2. The highest BCUT2D eigenvalue weighted by atomic mass is 19.1. The molecular weight excluding hydrogens is 476 g/mol. The minimum atomic E-state index is -1.88. The molecule has 0 fully saturated rings. The summed E-state index contributed by atoms with van der Waals surface area (Å²) < 4.78 is 45.2. The number of nitrogens with zero attached hydrogens (tertiary/aromatic N) is 1. The standard InChI is InChI=1S/C30H31F2NO4/c1-4-13-33(19-21-14-27(35-2)18-28(15-21)36-3)20-26-11-12-29(37-26)30(34,22-7-5-9-24(31)16-22)23-8-6-10-25(32)17-23/h5-12,14-18,34H,4,13,19-20H2,1-3H3. The van der Waals surface area contributed by atoms with Gasteiger partial charge in [-0.2, -0.15) is 0 Å². The first-order chi connectivity index (χ1) is 17.8. The Bertz CT molecular complexity index is 1270. The van der Waals surface area contributed by atoms with Gasteiger partial charge < -0.3 is 19.0 Å². The van der Waals surface area contributed by atoms with E-state index in [0.717, 1.165) is 18.5 Å². The highest BCUT2D eigenvalue weighted by Crippen LogP contribution is 2.38. The number of aliphatic hydroxyl groups is 1. The summed E-state index contributed by atoms with van der Waals surface area (Å²) in [6.45, 7) is 3.98. The third-order valence-electron chi connectivity index (χ3n) is 6.24. The lowest BCUT2D eigenvalue weighted by Crippen LogP contribution is -2.28. The zero-order valence-corrected chi connectivity index (χ0v) is 21.2. The van der Waals surface area contributed by atoms with Gasteiger partial charge in [-0.1, -0.05) is 31.2 Å². The Morgan fingerprint density at radius 3 is 1.92 bits per heavy atom. The molecule has 5 nitrogen and oxygen atoms in total. The van der Waals surface area contributed by atoms with Crippen molar-refractivity contribution in [3.05, 3.63) is 119 Å². The molecule has 0 unspecified atom stereocenters. The highest BCUT2D eigenvalue weighted by molar-refractivity contribution is 5.44. The monoisotopic (exact) mass is 507 g/mol. The highest BCUT2D eigenvalue weighted by Gasteiger charge is 2.38. The SMILES string of the molecule is CCCN(Cc1cc(OC)cc(OC)c1)Cc1ccc(C(O)(c2cccc(F)c2)c2cccc(F)c2)o1. The van der Waals surface area contributed by atoms with Gasteiger partial charge in [0.25, 0.3) is 0 Å². The number of halogens is 2. The van der Waals surface area contributed by atoms with Gasteiger partial charge >= 0.3 is 0 Å². The average molecular weight is 508 g/mol. The maximum atomic E-state index is 14.1. The fraction of sp³-hybridized carbons (Fsp3) is 0.267. The molecule has 0 aliphatic carbocycles. The van der Waals surface area contributed by atoms with Crippen molar-refractivity contribution in [2.75, 3.05) is 20.8 Å². The summed E-state index contributed by atoms with van der Waals surface area (Å²) in [7, 11) is 3.23. The van der Waals surface area contributed by atoms with Gasteiger partial charge in [0.1, 0.15) is 34.7 Å². The van der Waals surface area contributed by atoms with Crippen molar-refractivity contribution in [1.82, 2.24) is 4.90 Å². The van der Waals surface area contributed by atoms with Crippen LogP contribution in [0.1, 0.15) is 41.6 Å². The smallest absolute Gasteiger partial charge is 0.173 e. The maximum Gasteiger partial charge on any atom is 0.173 e. The Morgan fingerprint density at radius 1 is 0.811 bits per heavy atom. The molecule has 4 aromatic rings. The Labute approximate surface area is 215 Å². The van der Waals surface area contributed by atoms with E-state index in [1.807, 2.05) is 18.2 Å². The second-order valence-electron chi connectivity index (χ2n) is 8.93. The van der Waals surface area contributed by atoms with Gasteiger partial charge in [-0.15, -0.1) is 0 Å². The average Bonchev–Trinajstić information content (AvgIpc) is 3.37. The molecule has 1 aromatic heterocycles. The summed E-state index contributed by atoms with van der Waals surface area (Å²) in [6.07, 6.45) is 0.922. The van der Waals surface area contributed by atoms with E-state index in [1.165, 1.54) is 36.4 Å². The van der Waals surface area contributed by atoms with Crippen LogP contribution in [0, 0.1) is 11.6 Å². The summed E-state index contributed by atoms with van der Waals surface area (Å²) in [4.78, 5) is 2.21. The van der Waals surface area contributed by atoms with Crippen LogP contribution in [0.2, 0.25) is 0 Å². The first-order valence-electron chi connectivity index (χ1n) is 12.1. The molecule has 0 aliphatic heterocycles. The topological polar surface area (TPSA) is 55.1 Å². The lowest BCUT2D eigenvalue weighted by atomic mass is 9.84. The van der Waals surface area contributed by atoms with Gasteiger partial charge in [-0.25, -0.2) is 8.78 Å². The van der Waals surface area contributed by atoms with Gasteiger partial charge in [0.2, 0.25) is 0 Å². The normalized spacial score (nSPS) is 11.6. The van der Waals surface area contributed by atoms with Crippen molar-refractivity contribution in [2.45, 2.75) is 32.0 Å². The van der Waals surface area contributed by atoms with Crippen molar-refractivity contribution >= 4 is 0 Å². The second-order valence-corrected chi connectivity index (χ2v) is 8.93. The van der Waals surface area contributed by atoms with Gasteiger partial charge in [0.05, 0.1) is 20.8 Å². The molecular formula is C30H31F2NO4. The van der Waals surface area contributed by atoms with Crippen molar-refractivity contribution in [2.24, 2.45) is 0 Å². The Kier molecular flexibility index (Phi) is 8.26. The first kappa shape index (κ1) is 26.4. The lowest BCUT2D eigenvalue weighted by Gasteiger charge is -2.27. The van der Waals surface area contributed by atoms with Gasteiger partial charge in [0, 0.05) is 12.6 Å². The number of benzene rings is 3. The summed E-state index contributed by atoms with van der Waals surface area (Å²) in [5, 5.41) is 11.9. The molecule has 0 bridgehead atoms. The number of furan rings is 1. The van der Waals surface area contributed by atoms with E-state index in [4.69, 9.17) is 13.9 Å². The van der Waals surface area contributed by atoms with Crippen LogP contribution >= 0.6 is 0 Å². The molecule has 194 valence electrons. The molecule has 7 heteroatoms. The maximum absolute atomic E-state index is 14.1. The van der Waals surface area contributed by atoms with Crippen LogP contribution in [0.25, 0.3) is 0 Å². The fourth-order valence-corrected chi connectivity index (χ4v) is 4.50. The van der Waals surface area contributed by atoms with E-state index in [9.17, 15) is 13.9 Å². The number of rotatable bonds is 11. The molecule has 0 saturated carbocycles. The van der Waals surface area contributed by atoms with Gasteiger partial charge in [0.15, 0.2) is 5.60 Å². The Morgan fingerprint density at radius 2 is 1.41 bits per heavy atom. The van der Waals surface area contributed by atoms with Crippen molar-refractivity contribution in [3.63, 3.8) is 0 Å². The quantitative estimate of drug-likeness (QED) is 0.259. The van der Waals surface area contributed by atoms with E-state index < -0.39 is 17.2 Å². The van der Waals surface area contributed by atoms with E-state index >= 15 is 0 Å². The summed E-state index contributed by atoms with van der Waals surface area (Å²) in [6, 6.07) is 20.4. The summed E-state index contributed by atoms with van der Waals surface area (Å²) in [5.74, 6) is 1.19. The van der Waals surface area contributed by atoms with E-state index in [2.05, 4.69) is 11.8 Å². The molecule has 1 N–H and O–H groups in total. The molecule has 4 rings (SSSR count). The molecule has 1 heterocycles. The van der Waals surface area contributed by atoms with Crippen LogP contribution in [0.5, 0.6) is 11.5 Å². The summed E-state index contributed by atoms with van der Waals surface area (Å²) in [5.41, 5.74) is -0.369. The van der Waals surface area contributed by atoms with Crippen molar-refractivity contribution < 1.29 is 27.8 Å². The molecule has 0 amide bonds. The Hall–Kier alpha value is -3.68. The van der Waals surface area contributed by atoms with Crippen LogP contribution < -0.4 is 9.47 Å². The number of methoxy groups -OCH3 is 2. The number of hydrogen-bond acceptors (Lipinski definition) is 5. The number of ether oxygens (including phenoxy) is 2. The van der Waals surface area contributed by atoms with Crippen LogP contribution in [0.15, 0.2) is 83.3 Å². The van der Waals surface area contributed by atoms with Crippen LogP contribution in [-0.2, 0) is 18.7 Å². The minimum absolute atomic E-state index is 0.179. The molecule has 0 atom stereocenters. The van der Waals surface area contributed by atoms with E-state index in [0.29, 0.717) is 30.3 Å². The van der Waals surface area contributed by atoms with Gasteiger partial charge in [-0.3, -0.25) is 4.90 Å². The lowest BCUT2D eigenvalue weighted by molar-refractivity contribution is 0.0945. The third-order valence-corrected chi connectivity index (χ3v) is 6.24. The first-order valence-corrected chi connectivity index (χ1v) is 12.1. The zero-order chi connectivity index (χ0) is 26.4. The predicted molar refractivity (Wildman–Crippen MR) is 138 cm³/mol. The van der Waals surface area contributed by atoms with Crippen LogP contribution in [0.3, 0.4) is 0 Å². The summed E-state index contributed by atoms with van der Waals surface area (Å²) >= 11 is 0. The molecule has 0 aliphatic rings. The second kappa shape index (κ2) is 11.6. The van der Waals surface area contributed by atoms with Crippen LogP contribution in [-0.4, -0.2) is 30.8 Å². The molecule has 0 saturated heterocycles. The largest absolute Gasteiger partial charge is 0.497 e. The number of hydrogen-bond donors (Lipinski definition) is 1. The fourth-order valence-electron chi connectivity index (χ4n) is 4.50. The van der Waals surface area contributed by atoms with E-state index in [1.54, 1.807) is 38.5 Å². The third kappa shape index (κ3) is 6.01. The van der Waals surface area contributed by atoms with E-state index in [-0.39, 0.29) is 16.9 Å². The minimum Gasteiger partial charge on any atom is -0.497 e. The predicted octanol–water partition coefficient (Wildman–Crippen LogP) is 6.27. The molecule has 0 radical (unpaired) electrons. The molecule has 0 spiro atoms.